The summed E-state index contributed by atoms with van der Waals surface area (Å²) < 4.78 is 25.2. The Balaban J connectivity index is 1.41. The molecule has 4 aromatic rings. The number of ether oxygens (including phenoxy) is 1. The number of nitrogens with one attached hydrogen (secondary N) is 2. The largest absolute Gasteiger partial charge is 0.461 e. The Morgan fingerprint density at radius 3 is 2.81 bits per heavy atom. The van der Waals surface area contributed by atoms with Crippen LogP contribution < -0.4 is 15.6 Å². The molecule has 0 aliphatic carbocycles. The number of H-pyrrole nitrogens is 1. The van der Waals surface area contributed by atoms with Crippen molar-refractivity contribution < 1.29 is 13.7 Å². The van der Waals surface area contributed by atoms with E-state index < -0.39 is 6.36 Å². The van der Waals surface area contributed by atoms with E-state index in [-0.39, 0.29) is 11.5 Å². The lowest BCUT2D eigenvalue weighted by atomic mass is 9.94. The maximum Gasteiger partial charge on any atom is 0.251 e. The molecule has 1 saturated heterocycles. The number of hydrogen-bond acceptors (Lipinski definition) is 7. The van der Waals surface area contributed by atoms with E-state index in [4.69, 9.17) is 9.26 Å². The molecule has 3 aromatic heterocycles. The summed E-state index contributed by atoms with van der Waals surface area (Å²) in [7, 11) is 0. The van der Waals surface area contributed by atoms with Crippen molar-refractivity contribution in [2.45, 2.75) is 38.5 Å². The highest BCUT2D eigenvalue weighted by Gasteiger charge is 2.22. The summed E-state index contributed by atoms with van der Waals surface area (Å²) in [5.41, 5.74) is 2.79. The average Bonchev–Trinajstić information content (AvgIpc) is 3.41. The second-order valence-electron chi connectivity index (χ2n) is 7.89. The maximum atomic E-state index is 13.0. The molecule has 1 aliphatic rings. The van der Waals surface area contributed by atoms with Crippen LogP contribution in [0, 0.1) is 0 Å². The zero-order chi connectivity index (χ0) is 22.1. The van der Waals surface area contributed by atoms with Gasteiger partial charge < -0.3 is 19.6 Å². The first-order valence-corrected chi connectivity index (χ1v) is 10.6. The molecule has 10 heteroatoms. The number of fused-ring (bicyclic) bond motifs is 1. The molecule has 4 heterocycles. The zero-order valence-electron chi connectivity index (χ0n) is 17.5. The monoisotopic (exact) mass is 438 g/mol. The first-order chi connectivity index (χ1) is 15.6. The van der Waals surface area contributed by atoms with Gasteiger partial charge in [0.2, 0.25) is 18.1 Å². The lowest BCUT2D eigenvalue weighted by molar-refractivity contribution is 0.0860. The summed E-state index contributed by atoms with van der Waals surface area (Å²) in [6.45, 7) is 3.17. The van der Waals surface area contributed by atoms with Crippen LogP contribution in [-0.2, 0) is 6.42 Å². The molecule has 9 nitrogen and oxygen atoms in total. The minimum Gasteiger partial charge on any atom is -0.461 e. The van der Waals surface area contributed by atoms with Gasteiger partial charge in [-0.15, -0.1) is 0 Å². The van der Waals surface area contributed by atoms with E-state index in [1.54, 1.807) is 28.9 Å². The Kier molecular flexibility index (Phi) is 5.44. The van der Waals surface area contributed by atoms with Crippen molar-refractivity contribution >= 4 is 5.65 Å². The molecule has 0 saturated carbocycles. The molecular weight excluding hydrogens is 415 g/mol. The highest BCUT2D eigenvalue weighted by Crippen LogP contribution is 2.27. The van der Waals surface area contributed by atoms with Crippen LogP contribution in [0.15, 0.2) is 45.8 Å². The van der Waals surface area contributed by atoms with Gasteiger partial charge in [0.25, 0.3) is 5.56 Å². The van der Waals surface area contributed by atoms with E-state index in [2.05, 4.69) is 25.5 Å². The third-order valence-electron chi connectivity index (χ3n) is 5.58. The number of benzene rings is 1. The third-order valence-corrected chi connectivity index (χ3v) is 5.58. The van der Waals surface area contributed by atoms with E-state index in [0.29, 0.717) is 35.1 Å². The van der Waals surface area contributed by atoms with Crippen LogP contribution in [0.3, 0.4) is 0 Å². The molecule has 0 spiro atoms. The van der Waals surface area contributed by atoms with Crippen molar-refractivity contribution in [2.24, 2.45) is 0 Å². The van der Waals surface area contributed by atoms with E-state index in [0.717, 1.165) is 37.2 Å². The summed E-state index contributed by atoms with van der Waals surface area (Å²) in [6, 6.07) is 8.65. The Bertz CT molecular complexity index is 1270. The second-order valence-corrected chi connectivity index (χ2v) is 7.89. The number of hydrogen-bond donors (Lipinski definition) is 2. The third kappa shape index (κ3) is 4.13. The van der Waals surface area contributed by atoms with E-state index in [9.17, 15) is 9.18 Å². The van der Waals surface area contributed by atoms with Crippen molar-refractivity contribution in [2.75, 3.05) is 13.1 Å². The van der Waals surface area contributed by atoms with Gasteiger partial charge >= 0.3 is 0 Å². The van der Waals surface area contributed by atoms with Crippen LogP contribution in [0.25, 0.3) is 17.0 Å². The molecule has 5 rings (SSSR count). The summed E-state index contributed by atoms with van der Waals surface area (Å²) in [6.07, 6.45) is 2.60. The Labute approximate surface area is 182 Å². The molecule has 0 radical (unpaired) electrons. The number of piperidine rings is 1. The van der Waals surface area contributed by atoms with Crippen molar-refractivity contribution in [3.63, 3.8) is 0 Å². The van der Waals surface area contributed by atoms with Gasteiger partial charge in [-0.2, -0.15) is 10.1 Å². The summed E-state index contributed by atoms with van der Waals surface area (Å²) in [4.78, 5) is 19.7. The molecule has 166 valence electrons. The Hall–Kier alpha value is -3.53. The van der Waals surface area contributed by atoms with Gasteiger partial charge in [-0.25, -0.2) is 8.91 Å². The fourth-order valence-corrected chi connectivity index (χ4v) is 4.07. The minimum atomic E-state index is -1.37. The predicted octanol–water partition coefficient (Wildman–Crippen LogP) is 2.82. The second kappa shape index (κ2) is 8.54. The van der Waals surface area contributed by atoms with Crippen molar-refractivity contribution in [1.29, 1.82) is 0 Å². The molecule has 32 heavy (non-hydrogen) atoms. The van der Waals surface area contributed by atoms with Crippen LogP contribution >= 0.6 is 0 Å². The molecule has 2 N–H and O–H groups in total. The summed E-state index contributed by atoms with van der Waals surface area (Å²) in [5.74, 6) is 1.50. The van der Waals surface area contributed by atoms with Crippen LogP contribution in [-0.4, -0.2) is 44.2 Å². The van der Waals surface area contributed by atoms with Crippen molar-refractivity contribution in [3.05, 3.63) is 64.0 Å². The number of halogens is 1. The Morgan fingerprint density at radius 1 is 1.28 bits per heavy atom. The van der Waals surface area contributed by atoms with Crippen molar-refractivity contribution in [3.8, 4) is 17.1 Å². The predicted molar refractivity (Wildman–Crippen MR) is 114 cm³/mol. The van der Waals surface area contributed by atoms with Crippen molar-refractivity contribution in [1.82, 2.24) is 30.1 Å². The highest BCUT2D eigenvalue weighted by atomic mass is 19.1. The van der Waals surface area contributed by atoms with Crippen LogP contribution in [0.5, 0.6) is 5.75 Å². The summed E-state index contributed by atoms with van der Waals surface area (Å²) in [5, 5.41) is 11.9. The molecule has 1 fully saturated rings. The first-order valence-electron chi connectivity index (χ1n) is 10.6. The van der Waals surface area contributed by atoms with Gasteiger partial charge in [0, 0.05) is 18.9 Å². The smallest absolute Gasteiger partial charge is 0.251 e. The molecule has 0 bridgehead atoms. The van der Waals surface area contributed by atoms with Gasteiger partial charge in [-0.3, -0.25) is 4.79 Å². The number of alkyl halides is 1. The Morgan fingerprint density at radius 2 is 2.06 bits per heavy atom. The zero-order valence-corrected chi connectivity index (χ0v) is 17.5. The number of aromatic amines is 1. The maximum absolute atomic E-state index is 13.0. The normalized spacial score (nSPS) is 15.8. The topological polar surface area (TPSA) is 110 Å². The molecule has 1 aliphatic heterocycles. The first kappa shape index (κ1) is 20.4. The molecule has 0 amide bonds. The highest BCUT2D eigenvalue weighted by molar-refractivity contribution is 5.71. The lowest BCUT2D eigenvalue weighted by Crippen LogP contribution is -2.28. The fraction of sp³-hybridized carbons (Fsp3) is 0.364. The standard InChI is InChI=1S/C22H23FN6O3/c1-13(23)31-16-4-2-14(3-5-16)10-20-27-21(28-32-20)17-12-25-29-18(11-19(30)26-22(17)29)15-6-8-24-9-7-15/h2-5,11-13,15,24H,6-10H2,1H3,(H,26,30). The molecule has 1 aromatic carbocycles. The quantitative estimate of drug-likeness (QED) is 0.476. The lowest BCUT2D eigenvalue weighted by Gasteiger charge is -2.23. The number of aromatic nitrogens is 5. The molecular formula is C22H23FN6O3. The van der Waals surface area contributed by atoms with Gasteiger partial charge in [0.15, 0.2) is 0 Å². The van der Waals surface area contributed by atoms with E-state index in [1.165, 1.54) is 6.92 Å². The van der Waals surface area contributed by atoms with E-state index in [1.807, 2.05) is 12.1 Å². The van der Waals surface area contributed by atoms with Crippen LogP contribution in [0.1, 0.15) is 42.8 Å². The number of nitrogens with zero attached hydrogens (tertiary/aromatic N) is 4. The SMILES string of the molecule is CC(F)Oc1ccc(Cc2nc(-c3cnn4c(C5CCNCC5)cc(=O)[nH]c34)no2)cc1. The van der Waals surface area contributed by atoms with Gasteiger partial charge in [-0.1, -0.05) is 17.3 Å². The van der Waals surface area contributed by atoms with Crippen LogP contribution in [0.4, 0.5) is 4.39 Å². The van der Waals surface area contributed by atoms with Gasteiger partial charge in [0.1, 0.15) is 11.4 Å². The minimum absolute atomic E-state index is 0.179. The number of rotatable bonds is 6. The van der Waals surface area contributed by atoms with Crippen LogP contribution in [0.2, 0.25) is 0 Å². The molecule has 1 atom stereocenters. The fourth-order valence-electron chi connectivity index (χ4n) is 4.07. The molecule has 1 unspecified atom stereocenters. The van der Waals surface area contributed by atoms with Gasteiger partial charge in [0.05, 0.1) is 23.9 Å². The van der Waals surface area contributed by atoms with E-state index >= 15 is 0 Å². The average molecular weight is 438 g/mol. The van der Waals surface area contributed by atoms with Gasteiger partial charge in [-0.05, 0) is 43.6 Å². The summed E-state index contributed by atoms with van der Waals surface area (Å²) >= 11 is 0.